The van der Waals surface area contributed by atoms with Gasteiger partial charge in [-0.2, -0.15) is 0 Å². The molecule has 47 heavy (non-hydrogen) atoms. The van der Waals surface area contributed by atoms with E-state index in [0.29, 0.717) is 58.5 Å². The predicted molar refractivity (Wildman–Crippen MR) is 181 cm³/mol. The van der Waals surface area contributed by atoms with E-state index in [1.807, 2.05) is 47.4 Å². The molecule has 4 aliphatic heterocycles. The second-order valence-corrected chi connectivity index (χ2v) is 13.5. The molecule has 2 aromatic rings. The Morgan fingerprint density at radius 3 is 2.40 bits per heavy atom. The third-order valence-electron chi connectivity index (χ3n) is 10.5. The van der Waals surface area contributed by atoms with Crippen molar-refractivity contribution in [3.63, 3.8) is 0 Å². The molecule has 0 unspecified atom stereocenters. The molecule has 4 aliphatic rings. The summed E-state index contributed by atoms with van der Waals surface area (Å²) in [4.78, 5) is 47.7. The van der Waals surface area contributed by atoms with Crippen LogP contribution in [0.25, 0.3) is 0 Å². The van der Waals surface area contributed by atoms with Gasteiger partial charge >= 0.3 is 0 Å². The minimum Gasteiger partial charge on any atom is -0.497 e. The van der Waals surface area contributed by atoms with Crippen LogP contribution in [-0.4, -0.2) is 106 Å². The van der Waals surface area contributed by atoms with E-state index in [2.05, 4.69) is 44.7 Å². The van der Waals surface area contributed by atoms with Gasteiger partial charge in [0.25, 0.3) is 0 Å². The number of carbonyl (C=O) groups is 3. The van der Waals surface area contributed by atoms with Gasteiger partial charge in [-0.15, -0.1) is 0 Å². The summed E-state index contributed by atoms with van der Waals surface area (Å²) in [6.45, 7) is 5.95. The monoisotopic (exact) mass is 643 g/mol. The summed E-state index contributed by atoms with van der Waals surface area (Å²) in [6.07, 6.45) is 8.22. The molecule has 0 aliphatic carbocycles. The van der Waals surface area contributed by atoms with Gasteiger partial charge in [-0.05, 0) is 67.9 Å². The Labute approximate surface area is 278 Å². The van der Waals surface area contributed by atoms with E-state index in [9.17, 15) is 14.4 Å². The largest absolute Gasteiger partial charge is 0.497 e. The number of nitrogens with one attached hydrogen (secondary N) is 2. The van der Waals surface area contributed by atoms with E-state index < -0.39 is 11.5 Å². The second-order valence-electron chi connectivity index (χ2n) is 13.5. The third kappa shape index (κ3) is 8.16. The SMILES string of the molecule is COc1ccc(N2CCN(C(=O)CN3CC[C@@H]4NC(=O)[C@@H](Cc5ccccc5)NC(=O)C5(CC=CC[C@@H]4C3)CCOCC5)CC2)cc1. The Bertz CT molecular complexity index is 1390. The van der Waals surface area contributed by atoms with Crippen LogP contribution in [0.1, 0.15) is 37.7 Å². The van der Waals surface area contributed by atoms with E-state index >= 15 is 0 Å². The number of nitrogens with zero attached hydrogens (tertiary/aromatic N) is 3. The van der Waals surface area contributed by atoms with Crippen molar-refractivity contribution < 1.29 is 23.9 Å². The molecule has 0 radical (unpaired) electrons. The lowest BCUT2D eigenvalue weighted by Crippen LogP contribution is -2.59. The average Bonchev–Trinajstić information content (AvgIpc) is 3.11. The number of hydrogen-bond donors (Lipinski definition) is 2. The quantitative estimate of drug-likeness (QED) is 0.467. The molecule has 0 saturated carbocycles. The summed E-state index contributed by atoms with van der Waals surface area (Å²) in [5, 5.41) is 6.51. The Kier molecular flexibility index (Phi) is 10.8. The van der Waals surface area contributed by atoms with Gasteiger partial charge in [-0.3, -0.25) is 19.3 Å². The molecule has 0 aromatic heterocycles. The number of methoxy groups -OCH3 is 1. The first-order chi connectivity index (χ1) is 22.9. The van der Waals surface area contributed by atoms with Gasteiger partial charge in [-0.25, -0.2) is 0 Å². The van der Waals surface area contributed by atoms with Crippen molar-refractivity contribution in [2.45, 2.75) is 50.6 Å². The summed E-state index contributed by atoms with van der Waals surface area (Å²) >= 11 is 0. The molecular formula is C37H49N5O5. The maximum absolute atomic E-state index is 13.9. The Hall–Kier alpha value is -3.89. The van der Waals surface area contributed by atoms with E-state index in [1.165, 1.54) is 0 Å². The zero-order valence-electron chi connectivity index (χ0n) is 27.6. The molecule has 10 nitrogen and oxygen atoms in total. The molecule has 252 valence electrons. The fraction of sp³-hybridized carbons (Fsp3) is 0.541. The molecule has 3 saturated heterocycles. The first kappa shape index (κ1) is 33.0. The average molecular weight is 644 g/mol. The minimum absolute atomic E-state index is 0.0295. The smallest absolute Gasteiger partial charge is 0.243 e. The number of benzene rings is 2. The van der Waals surface area contributed by atoms with Crippen LogP contribution in [-0.2, 0) is 25.5 Å². The molecule has 3 amide bonds. The van der Waals surface area contributed by atoms with Crippen molar-refractivity contribution in [1.29, 1.82) is 0 Å². The molecule has 2 aromatic carbocycles. The predicted octanol–water partition coefficient (Wildman–Crippen LogP) is 3.02. The number of ether oxygens (including phenoxy) is 2. The lowest BCUT2D eigenvalue weighted by molar-refractivity contribution is -0.140. The molecule has 3 fully saturated rings. The number of carbonyl (C=O) groups excluding carboxylic acids is 3. The highest BCUT2D eigenvalue weighted by atomic mass is 16.5. The normalized spacial score (nSPS) is 25.6. The van der Waals surface area contributed by atoms with Gasteiger partial charge in [0.1, 0.15) is 11.8 Å². The highest BCUT2D eigenvalue weighted by molar-refractivity contribution is 5.90. The molecule has 0 bridgehead atoms. The van der Waals surface area contributed by atoms with Gasteiger partial charge in [0.15, 0.2) is 0 Å². The first-order valence-corrected chi connectivity index (χ1v) is 17.2. The molecule has 3 atom stereocenters. The maximum atomic E-state index is 13.9. The van der Waals surface area contributed by atoms with Crippen LogP contribution in [0.15, 0.2) is 66.7 Å². The van der Waals surface area contributed by atoms with Gasteiger partial charge in [0.05, 0.1) is 19.1 Å². The minimum atomic E-state index is -0.662. The van der Waals surface area contributed by atoms with E-state index in [4.69, 9.17) is 9.47 Å². The number of allylic oxidation sites excluding steroid dienone is 2. The van der Waals surface area contributed by atoms with Crippen LogP contribution in [0.5, 0.6) is 5.75 Å². The number of fused-ring (bicyclic) bond motifs is 1. The highest BCUT2D eigenvalue weighted by Gasteiger charge is 2.41. The van der Waals surface area contributed by atoms with Crippen LogP contribution >= 0.6 is 0 Å². The molecule has 10 heteroatoms. The molecule has 2 N–H and O–H groups in total. The van der Waals surface area contributed by atoms with Gasteiger partial charge in [-0.1, -0.05) is 42.5 Å². The number of anilines is 1. The summed E-state index contributed by atoms with van der Waals surface area (Å²) in [5.41, 5.74) is 1.58. The van der Waals surface area contributed by atoms with Crippen LogP contribution in [0.4, 0.5) is 5.69 Å². The van der Waals surface area contributed by atoms with Crippen molar-refractivity contribution in [2.24, 2.45) is 11.3 Å². The van der Waals surface area contributed by atoms with Gasteiger partial charge in [0, 0.05) is 70.6 Å². The number of likely N-dealkylation sites (tertiary alicyclic amines) is 1. The van der Waals surface area contributed by atoms with Crippen LogP contribution in [0, 0.1) is 11.3 Å². The molecule has 4 heterocycles. The van der Waals surface area contributed by atoms with Crippen LogP contribution in [0.2, 0.25) is 0 Å². The second kappa shape index (κ2) is 15.3. The Morgan fingerprint density at radius 1 is 0.936 bits per heavy atom. The van der Waals surface area contributed by atoms with Gasteiger partial charge < -0.3 is 29.9 Å². The van der Waals surface area contributed by atoms with E-state index in [1.54, 1.807) is 7.11 Å². The van der Waals surface area contributed by atoms with Gasteiger partial charge in [0.2, 0.25) is 17.7 Å². The standard InChI is InChI=1S/C37H49N5O5/c1-46-31-12-10-30(11-13-31)41-19-21-42(22-20-41)34(43)27-40-18-14-32-29(26-40)9-5-6-15-37(16-23-47-24-17-37)36(45)39-33(35(44)38-32)25-28-7-3-2-4-8-28/h2-8,10-13,29,32-33H,9,14-27H2,1H3,(H,38,44)(H,39,45)/t29-,32+,33-/m1/s1. The fourth-order valence-electron chi connectivity index (χ4n) is 7.50. The summed E-state index contributed by atoms with van der Waals surface area (Å²) < 4.78 is 10.9. The first-order valence-electron chi connectivity index (χ1n) is 17.2. The maximum Gasteiger partial charge on any atom is 0.243 e. The number of piperidine rings is 1. The number of hydrogen-bond acceptors (Lipinski definition) is 7. The number of rotatable bonds is 6. The number of amides is 3. The summed E-state index contributed by atoms with van der Waals surface area (Å²) in [6, 6.07) is 17.3. The lowest BCUT2D eigenvalue weighted by Gasteiger charge is -2.41. The van der Waals surface area contributed by atoms with E-state index in [-0.39, 0.29) is 29.7 Å². The fourth-order valence-corrected chi connectivity index (χ4v) is 7.50. The Morgan fingerprint density at radius 2 is 1.68 bits per heavy atom. The van der Waals surface area contributed by atoms with Crippen molar-refractivity contribution in [2.75, 3.05) is 71.0 Å². The van der Waals surface area contributed by atoms with E-state index in [0.717, 1.165) is 56.0 Å². The molecule has 1 spiro atoms. The zero-order chi connectivity index (χ0) is 32.6. The topological polar surface area (TPSA) is 103 Å². The van der Waals surface area contributed by atoms with Crippen molar-refractivity contribution >= 4 is 23.4 Å². The highest BCUT2D eigenvalue weighted by Crippen LogP contribution is 2.36. The molecular weight excluding hydrogens is 594 g/mol. The number of piperazine rings is 1. The van der Waals surface area contributed by atoms with Crippen molar-refractivity contribution in [3.8, 4) is 5.75 Å². The van der Waals surface area contributed by atoms with Crippen molar-refractivity contribution in [1.82, 2.24) is 20.4 Å². The zero-order valence-corrected chi connectivity index (χ0v) is 27.6. The van der Waals surface area contributed by atoms with Crippen molar-refractivity contribution in [3.05, 3.63) is 72.3 Å². The third-order valence-corrected chi connectivity index (χ3v) is 10.5. The van der Waals surface area contributed by atoms with Crippen LogP contribution < -0.4 is 20.3 Å². The van der Waals surface area contributed by atoms with Crippen LogP contribution in [0.3, 0.4) is 0 Å². The summed E-state index contributed by atoms with van der Waals surface area (Å²) in [5.74, 6) is 0.976. The summed E-state index contributed by atoms with van der Waals surface area (Å²) in [7, 11) is 1.67. The lowest BCUT2D eigenvalue weighted by atomic mass is 9.75. The molecule has 6 rings (SSSR count). The Balaban J connectivity index is 1.10.